The molecule has 0 bridgehead atoms. The van der Waals surface area contributed by atoms with Gasteiger partial charge in [-0.25, -0.2) is 9.97 Å². The minimum Gasteiger partial charge on any atom is -0.457 e. The zero-order valence-electron chi connectivity index (χ0n) is 15.6. The minimum absolute atomic E-state index is 0.345. The number of anilines is 1. The molecule has 4 nitrogen and oxygen atoms in total. The highest BCUT2D eigenvalue weighted by Gasteiger charge is 2.30. The van der Waals surface area contributed by atoms with Gasteiger partial charge in [0.2, 0.25) is 0 Å². The Balaban J connectivity index is 1.54. The predicted molar refractivity (Wildman–Crippen MR) is 107 cm³/mol. The van der Waals surface area contributed by atoms with Gasteiger partial charge in [0.25, 0.3) is 0 Å². The number of ether oxygens (including phenoxy) is 1. The van der Waals surface area contributed by atoms with E-state index in [2.05, 4.69) is 15.3 Å². The molecule has 1 aromatic heterocycles. The number of hydrogen-bond acceptors (Lipinski definition) is 4. The first kappa shape index (κ1) is 20.9. The van der Waals surface area contributed by atoms with Crippen LogP contribution in [-0.2, 0) is 19.0 Å². The molecular formula is C21H19ClF3N3O. The van der Waals surface area contributed by atoms with Crippen LogP contribution in [0.2, 0.25) is 5.02 Å². The summed E-state index contributed by atoms with van der Waals surface area (Å²) in [6.07, 6.45) is -1.40. The van der Waals surface area contributed by atoms with Gasteiger partial charge in [-0.2, -0.15) is 13.2 Å². The van der Waals surface area contributed by atoms with Crippen LogP contribution in [0.1, 0.15) is 23.7 Å². The lowest BCUT2D eigenvalue weighted by Crippen LogP contribution is -2.08. The second kappa shape index (κ2) is 9.13. The molecule has 3 rings (SSSR count). The van der Waals surface area contributed by atoms with Crippen LogP contribution in [0, 0.1) is 0 Å². The average Bonchev–Trinajstić information content (AvgIpc) is 2.70. The lowest BCUT2D eigenvalue weighted by atomic mass is 10.1. The monoisotopic (exact) mass is 421 g/mol. The molecule has 0 unspecified atom stereocenters. The highest BCUT2D eigenvalue weighted by Crippen LogP contribution is 2.31. The largest absolute Gasteiger partial charge is 0.457 e. The van der Waals surface area contributed by atoms with Crippen LogP contribution in [0.5, 0.6) is 11.5 Å². The molecule has 0 saturated carbocycles. The minimum atomic E-state index is -4.36. The molecule has 3 aromatic rings. The van der Waals surface area contributed by atoms with Gasteiger partial charge in [0, 0.05) is 6.54 Å². The first-order valence-electron chi connectivity index (χ1n) is 9.04. The zero-order valence-corrected chi connectivity index (χ0v) is 16.4. The molecule has 0 fully saturated rings. The molecule has 0 aliphatic heterocycles. The van der Waals surface area contributed by atoms with E-state index in [1.807, 2.05) is 19.1 Å². The van der Waals surface area contributed by atoms with Crippen LogP contribution < -0.4 is 10.1 Å². The molecule has 0 saturated heterocycles. The standard InChI is InChI=1S/C21H19ClF3N3O/c1-2-18-19(22)20(28-13-27-18)26-12-11-14-3-7-16(8-4-14)29-17-9-5-15(6-10-17)21(23,24)25/h3-10,13H,2,11-12H2,1H3,(H,26,27,28). The number of hydrogen-bond donors (Lipinski definition) is 1. The maximum Gasteiger partial charge on any atom is 0.416 e. The zero-order chi connectivity index (χ0) is 20.9. The lowest BCUT2D eigenvalue weighted by Gasteiger charge is -2.10. The van der Waals surface area contributed by atoms with Gasteiger partial charge in [0.05, 0.1) is 11.3 Å². The van der Waals surface area contributed by atoms with Crippen molar-refractivity contribution in [1.29, 1.82) is 0 Å². The third-order valence-corrected chi connectivity index (χ3v) is 4.64. The second-order valence-electron chi connectivity index (χ2n) is 6.28. The molecular weight excluding hydrogens is 403 g/mol. The van der Waals surface area contributed by atoms with Gasteiger partial charge >= 0.3 is 6.18 Å². The molecule has 1 N–H and O–H groups in total. The number of alkyl halides is 3. The highest BCUT2D eigenvalue weighted by atomic mass is 35.5. The van der Waals surface area contributed by atoms with Crippen molar-refractivity contribution in [3.05, 3.63) is 76.7 Å². The Morgan fingerprint density at radius 2 is 1.59 bits per heavy atom. The molecule has 8 heteroatoms. The Hall–Kier alpha value is -2.80. The van der Waals surface area contributed by atoms with Crippen molar-refractivity contribution in [2.24, 2.45) is 0 Å². The summed E-state index contributed by atoms with van der Waals surface area (Å²) >= 11 is 6.26. The van der Waals surface area contributed by atoms with Crippen LogP contribution in [0.3, 0.4) is 0 Å². The molecule has 0 spiro atoms. The molecule has 0 aliphatic carbocycles. The third kappa shape index (κ3) is 5.60. The van der Waals surface area contributed by atoms with Crippen molar-refractivity contribution in [2.75, 3.05) is 11.9 Å². The maximum absolute atomic E-state index is 12.6. The fourth-order valence-electron chi connectivity index (χ4n) is 2.67. The van der Waals surface area contributed by atoms with E-state index in [1.54, 1.807) is 12.1 Å². The van der Waals surface area contributed by atoms with Crippen LogP contribution in [0.25, 0.3) is 0 Å². The van der Waals surface area contributed by atoms with E-state index in [0.717, 1.165) is 36.2 Å². The van der Waals surface area contributed by atoms with Crippen molar-refractivity contribution < 1.29 is 17.9 Å². The Labute approximate surface area is 171 Å². The number of aromatic nitrogens is 2. The van der Waals surface area contributed by atoms with Crippen molar-refractivity contribution in [1.82, 2.24) is 9.97 Å². The van der Waals surface area contributed by atoms with Crippen LogP contribution in [0.4, 0.5) is 19.0 Å². The lowest BCUT2D eigenvalue weighted by molar-refractivity contribution is -0.137. The molecule has 0 aliphatic rings. The summed E-state index contributed by atoms with van der Waals surface area (Å²) < 4.78 is 43.4. The number of nitrogens with one attached hydrogen (secondary N) is 1. The highest BCUT2D eigenvalue weighted by molar-refractivity contribution is 6.33. The van der Waals surface area contributed by atoms with Gasteiger partial charge in [-0.1, -0.05) is 30.7 Å². The second-order valence-corrected chi connectivity index (χ2v) is 6.66. The number of rotatable bonds is 7. The van der Waals surface area contributed by atoms with Crippen molar-refractivity contribution in [3.63, 3.8) is 0 Å². The summed E-state index contributed by atoms with van der Waals surface area (Å²) in [5.41, 5.74) is 1.16. The van der Waals surface area contributed by atoms with Crippen LogP contribution in [0.15, 0.2) is 54.9 Å². The topological polar surface area (TPSA) is 47.0 Å². The van der Waals surface area contributed by atoms with E-state index in [9.17, 15) is 13.2 Å². The van der Waals surface area contributed by atoms with Gasteiger partial charge < -0.3 is 10.1 Å². The van der Waals surface area contributed by atoms with E-state index in [-0.39, 0.29) is 0 Å². The molecule has 2 aromatic carbocycles. The Morgan fingerprint density at radius 1 is 0.966 bits per heavy atom. The number of halogens is 4. The Bertz CT molecular complexity index is 945. The molecule has 152 valence electrons. The summed E-state index contributed by atoms with van der Waals surface area (Å²) in [6.45, 7) is 2.62. The maximum atomic E-state index is 12.6. The van der Waals surface area contributed by atoms with Crippen LogP contribution in [-0.4, -0.2) is 16.5 Å². The van der Waals surface area contributed by atoms with Crippen molar-refractivity contribution >= 4 is 17.4 Å². The Morgan fingerprint density at radius 3 is 2.17 bits per heavy atom. The third-order valence-electron chi connectivity index (χ3n) is 4.24. The van der Waals surface area contributed by atoms with Gasteiger partial charge in [-0.15, -0.1) is 0 Å². The first-order chi connectivity index (χ1) is 13.9. The van der Waals surface area contributed by atoms with E-state index < -0.39 is 11.7 Å². The van der Waals surface area contributed by atoms with Gasteiger partial charge in [-0.05, 0) is 54.8 Å². The fourth-order valence-corrected chi connectivity index (χ4v) is 2.97. The van der Waals surface area contributed by atoms with Crippen LogP contribution >= 0.6 is 11.6 Å². The molecule has 29 heavy (non-hydrogen) atoms. The molecule has 1 heterocycles. The summed E-state index contributed by atoms with van der Waals surface area (Å²) in [6, 6.07) is 12.0. The molecule has 0 atom stereocenters. The van der Waals surface area contributed by atoms with E-state index >= 15 is 0 Å². The Kier molecular flexibility index (Phi) is 6.59. The first-order valence-corrected chi connectivity index (χ1v) is 9.42. The SMILES string of the molecule is CCc1ncnc(NCCc2ccc(Oc3ccc(C(F)(F)F)cc3)cc2)c1Cl. The van der Waals surface area contributed by atoms with Crippen molar-refractivity contribution in [2.45, 2.75) is 25.9 Å². The summed E-state index contributed by atoms with van der Waals surface area (Å²) in [4.78, 5) is 8.29. The molecule has 0 amide bonds. The quantitative estimate of drug-likeness (QED) is 0.496. The fraction of sp³-hybridized carbons (Fsp3) is 0.238. The average molecular weight is 422 g/mol. The number of aryl methyl sites for hydroxylation is 1. The summed E-state index contributed by atoms with van der Waals surface area (Å²) in [7, 11) is 0. The summed E-state index contributed by atoms with van der Waals surface area (Å²) in [5, 5.41) is 3.74. The number of benzene rings is 2. The predicted octanol–water partition coefficient (Wildman–Crippen LogP) is 6.16. The van der Waals surface area contributed by atoms with Gasteiger partial charge in [0.1, 0.15) is 28.7 Å². The van der Waals surface area contributed by atoms with Gasteiger partial charge in [0.15, 0.2) is 0 Å². The van der Waals surface area contributed by atoms with Crippen molar-refractivity contribution in [3.8, 4) is 11.5 Å². The summed E-state index contributed by atoms with van der Waals surface area (Å²) in [5.74, 6) is 1.51. The van der Waals surface area contributed by atoms with Gasteiger partial charge in [-0.3, -0.25) is 0 Å². The normalized spacial score (nSPS) is 11.3. The molecule has 0 radical (unpaired) electrons. The smallest absolute Gasteiger partial charge is 0.416 e. The van der Waals surface area contributed by atoms with E-state index in [0.29, 0.717) is 28.9 Å². The van der Waals surface area contributed by atoms with E-state index in [1.165, 1.54) is 18.5 Å². The number of nitrogens with zero attached hydrogens (tertiary/aromatic N) is 2. The van der Waals surface area contributed by atoms with E-state index in [4.69, 9.17) is 16.3 Å².